The van der Waals surface area contributed by atoms with E-state index in [0.717, 1.165) is 6.07 Å². The molecule has 0 unspecified atom stereocenters. The molecule has 1 aromatic rings. The van der Waals surface area contributed by atoms with Crippen molar-refractivity contribution in [2.75, 3.05) is 0 Å². The van der Waals surface area contributed by atoms with Crippen LogP contribution in [0.3, 0.4) is 0 Å². The van der Waals surface area contributed by atoms with Gasteiger partial charge in [0.15, 0.2) is 0 Å². The zero-order valence-electron chi connectivity index (χ0n) is 7.24. The Morgan fingerprint density at radius 2 is 1.86 bits per heavy atom. The molecule has 0 spiro atoms. The Labute approximate surface area is 85.0 Å². The fourth-order valence-electron chi connectivity index (χ4n) is 1.16. The van der Waals surface area contributed by atoms with Crippen LogP contribution in [-0.4, -0.2) is 0 Å². The number of rotatable bonds is 2. The van der Waals surface area contributed by atoms with Gasteiger partial charge >= 0.3 is 6.18 Å². The minimum atomic E-state index is -4.33. The van der Waals surface area contributed by atoms with Gasteiger partial charge in [-0.25, -0.2) is 0 Å². The number of halogens is 4. The quantitative estimate of drug-likeness (QED) is 0.707. The molecule has 0 fully saturated rings. The number of alkyl halides is 3. The Hall–Kier alpha value is -0.960. The third kappa shape index (κ3) is 2.77. The lowest BCUT2D eigenvalue weighted by molar-refractivity contribution is -0.138. The molecule has 76 valence electrons. The van der Waals surface area contributed by atoms with Gasteiger partial charge in [-0.15, -0.1) is 0 Å². The molecule has 0 heterocycles. The van der Waals surface area contributed by atoms with E-state index in [1.165, 1.54) is 12.1 Å². The summed E-state index contributed by atoms with van der Waals surface area (Å²) in [6, 6.07) is 5.33. The van der Waals surface area contributed by atoms with Crippen molar-refractivity contribution in [3.63, 3.8) is 0 Å². The third-order valence-corrected chi connectivity index (χ3v) is 1.84. The lowest BCUT2D eigenvalue weighted by atomic mass is 10.0. The van der Waals surface area contributed by atoms with Crippen LogP contribution in [0.5, 0.6) is 0 Å². The number of benzene rings is 1. The van der Waals surface area contributed by atoms with Gasteiger partial charge in [-0.2, -0.15) is 13.2 Å². The molecule has 0 saturated heterocycles. The molecule has 0 aliphatic heterocycles. The van der Waals surface area contributed by atoms with Crippen LogP contribution in [0.15, 0.2) is 35.9 Å². The van der Waals surface area contributed by atoms with Crippen LogP contribution < -0.4 is 0 Å². The third-order valence-electron chi connectivity index (χ3n) is 1.71. The summed E-state index contributed by atoms with van der Waals surface area (Å²) < 4.78 is 37.3. The molecule has 0 aliphatic rings. The van der Waals surface area contributed by atoms with Crippen LogP contribution in [0.2, 0.25) is 0 Å². The second-order valence-corrected chi connectivity index (χ2v) is 3.38. The van der Waals surface area contributed by atoms with E-state index >= 15 is 0 Å². The standard InChI is InChI=1S/C10H8ClF3/c1-7(11)6-8-4-2-3-5-9(8)10(12,13)14/h2-5H,1,6H2. The molecular weight excluding hydrogens is 213 g/mol. The molecule has 0 nitrogen and oxygen atoms in total. The monoisotopic (exact) mass is 220 g/mol. The normalized spacial score (nSPS) is 11.4. The van der Waals surface area contributed by atoms with E-state index in [2.05, 4.69) is 6.58 Å². The van der Waals surface area contributed by atoms with Crippen molar-refractivity contribution in [1.82, 2.24) is 0 Å². The summed E-state index contributed by atoms with van der Waals surface area (Å²) in [7, 11) is 0. The van der Waals surface area contributed by atoms with Crippen LogP contribution >= 0.6 is 11.6 Å². The smallest absolute Gasteiger partial charge is 0.166 e. The highest BCUT2D eigenvalue weighted by Crippen LogP contribution is 2.32. The van der Waals surface area contributed by atoms with E-state index in [4.69, 9.17) is 11.6 Å². The maximum Gasteiger partial charge on any atom is 0.416 e. The van der Waals surface area contributed by atoms with Gasteiger partial charge in [-0.3, -0.25) is 0 Å². The Balaban J connectivity index is 3.10. The zero-order chi connectivity index (χ0) is 10.8. The molecule has 0 radical (unpaired) electrons. The first-order valence-electron chi connectivity index (χ1n) is 3.89. The summed E-state index contributed by atoms with van der Waals surface area (Å²) in [6.07, 6.45) is -4.29. The molecule has 14 heavy (non-hydrogen) atoms. The van der Waals surface area contributed by atoms with E-state index in [-0.39, 0.29) is 17.0 Å². The molecule has 0 saturated carbocycles. The fraction of sp³-hybridized carbons (Fsp3) is 0.200. The molecule has 1 aromatic carbocycles. The van der Waals surface area contributed by atoms with Crippen LogP contribution in [0, 0.1) is 0 Å². The fourth-order valence-corrected chi connectivity index (χ4v) is 1.30. The van der Waals surface area contributed by atoms with E-state index in [0.29, 0.717) is 0 Å². The average molecular weight is 221 g/mol. The predicted octanol–water partition coefficient (Wildman–Crippen LogP) is 4.00. The Morgan fingerprint density at radius 3 is 2.36 bits per heavy atom. The highest BCUT2D eigenvalue weighted by Gasteiger charge is 2.32. The second kappa shape index (κ2) is 4.05. The van der Waals surface area contributed by atoms with Crippen molar-refractivity contribution >= 4 is 11.6 Å². The van der Waals surface area contributed by atoms with E-state index in [1.807, 2.05) is 0 Å². The van der Waals surface area contributed by atoms with Crippen LogP contribution in [-0.2, 0) is 12.6 Å². The largest absolute Gasteiger partial charge is 0.416 e. The molecule has 4 heteroatoms. The highest BCUT2D eigenvalue weighted by molar-refractivity contribution is 6.29. The highest BCUT2D eigenvalue weighted by atomic mass is 35.5. The Morgan fingerprint density at radius 1 is 1.29 bits per heavy atom. The molecule has 1 rings (SSSR count). The Bertz CT molecular complexity index is 341. The topological polar surface area (TPSA) is 0 Å². The summed E-state index contributed by atoms with van der Waals surface area (Å²) in [5, 5.41) is 0.196. The minimum absolute atomic E-state index is 0.0389. The molecule has 0 aromatic heterocycles. The van der Waals surface area contributed by atoms with E-state index in [9.17, 15) is 13.2 Å². The van der Waals surface area contributed by atoms with Crippen LogP contribution in [0.4, 0.5) is 13.2 Å². The first-order chi connectivity index (χ1) is 6.41. The lowest BCUT2D eigenvalue weighted by Crippen LogP contribution is -2.08. The minimum Gasteiger partial charge on any atom is -0.166 e. The summed E-state index contributed by atoms with van der Waals surface area (Å²) in [4.78, 5) is 0. The first kappa shape index (κ1) is 11.1. The summed E-state index contributed by atoms with van der Waals surface area (Å²) in [6.45, 7) is 3.37. The van der Waals surface area contributed by atoms with Crippen molar-refractivity contribution < 1.29 is 13.2 Å². The predicted molar refractivity (Wildman–Crippen MR) is 50.1 cm³/mol. The molecule has 0 atom stereocenters. The van der Waals surface area contributed by atoms with Crippen molar-refractivity contribution in [2.45, 2.75) is 12.6 Å². The molecule has 0 aliphatic carbocycles. The summed E-state index contributed by atoms with van der Waals surface area (Å²) in [5.74, 6) is 0. The molecule has 0 N–H and O–H groups in total. The van der Waals surface area contributed by atoms with Gasteiger partial charge in [0.05, 0.1) is 5.56 Å². The summed E-state index contributed by atoms with van der Waals surface area (Å²) in [5.41, 5.74) is -0.498. The van der Waals surface area contributed by atoms with Crippen molar-refractivity contribution in [3.8, 4) is 0 Å². The number of hydrogen-bond donors (Lipinski definition) is 0. The zero-order valence-corrected chi connectivity index (χ0v) is 7.99. The lowest BCUT2D eigenvalue weighted by Gasteiger charge is -2.11. The molecular formula is C10H8ClF3. The maximum atomic E-state index is 12.4. The van der Waals surface area contributed by atoms with Gasteiger partial charge in [0.1, 0.15) is 0 Å². The van der Waals surface area contributed by atoms with Gasteiger partial charge in [0.2, 0.25) is 0 Å². The first-order valence-corrected chi connectivity index (χ1v) is 4.27. The van der Waals surface area contributed by atoms with Crippen molar-refractivity contribution in [2.24, 2.45) is 0 Å². The molecule has 0 bridgehead atoms. The van der Waals surface area contributed by atoms with Gasteiger partial charge in [0.25, 0.3) is 0 Å². The van der Waals surface area contributed by atoms with E-state index in [1.54, 1.807) is 6.07 Å². The van der Waals surface area contributed by atoms with E-state index < -0.39 is 11.7 Å². The van der Waals surface area contributed by atoms with Gasteiger partial charge in [0, 0.05) is 11.5 Å². The SMILES string of the molecule is C=C(Cl)Cc1ccccc1C(F)(F)F. The van der Waals surface area contributed by atoms with Crippen LogP contribution in [0.25, 0.3) is 0 Å². The van der Waals surface area contributed by atoms with Crippen molar-refractivity contribution in [1.29, 1.82) is 0 Å². The molecule has 0 amide bonds. The van der Waals surface area contributed by atoms with Crippen LogP contribution in [0.1, 0.15) is 11.1 Å². The summed E-state index contributed by atoms with van der Waals surface area (Å²) >= 11 is 5.47. The van der Waals surface area contributed by atoms with Gasteiger partial charge in [-0.1, -0.05) is 36.4 Å². The van der Waals surface area contributed by atoms with Gasteiger partial charge in [-0.05, 0) is 11.6 Å². The van der Waals surface area contributed by atoms with Gasteiger partial charge < -0.3 is 0 Å². The Kier molecular flexibility index (Phi) is 3.21. The second-order valence-electron chi connectivity index (χ2n) is 2.85. The number of allylic oxidation sites excluding steroid dienone is 1. The average Bonchev–Trinajstić information content (AvgIpc) is 2.01. The maximum absolute atomic E-state index is 12.4. The van der Waals surface area contributed by atoms with Crippen molar-refractivity contribution in [3.05, 3.63) is 47.0 Å². The number of hydrogen-bond acceptors (Lipinski definition) is 0.